The number of carbonyl (C=O) groups excluding carboxylic acids is 1. The molecule has 47 heavy (non-hydrogen) atoms. The lowest BCUT2D eigenvalue weighted by Gasteiger charge is -2.37. The summed E-state index contributed by atoms with van der Waals surface area (Å²) in [6, 6.07) is 21.9. The van der Waals surface area contributed by atoms with Gasteiger partial charge in [0, 0.05) is 49.2 Å². The zero-order valence-electron chi connectivity index (χ0n) is 25.1. The predicted molar refractivity (Wildman–Crippen MR) is 159 cm³/mol. The number of aromatic nitrogens is 1. The fraction of sp³-hybridized carbons (Fsp3) is 0.323. The third kappa shape index (κ3) is 13.0. The number of carboxylic acid groups (broad SMARTS) is 2. The van der Waals surface area contributed by atoms with E-state index >= 15 is 0 Å². The molecule has 16 heteroatoms. The van der Waals surface area contributed by atoms with Gasteiger partial charge in [-0.05, 0) is 62.7 Å². The van der Waals surface area contributed by atoms with Crippen LogP contribution in [0.4, 0.5) is 37.8 Å². The highest BCUT2D eigenvalue weighted by atomic mass is 19.4. The number of nitriles is 1. The van der Waals surface area contributed by atoms with Crippen molar-refractivity contribution in [2.24, 2.45) is 0 Å². The lowest BCUT2D eigenvalue weighted by atomic mass is 10.0. The number of amides is 1. The zero-order valence-corrected chi connectivity index (χ0v) is 25.1. The molecule has 0 bridgehead atoms. The zero-order chi connectivity index (χ0) is 35.4. The maximum Gasteiger partial charge on any atom is 0.490 e. The Bertz CT molecular complexity index is 1530. The molecular formula is C31H31F6N5O5. The highest BCUT2D eigenvalue weighted by Crippen LogP contribution is 2.24. The van der Waals surface area contributed by atoms with E-state index in [0.29, 0.717) is 17.2 Å². The van der Waals surface area contributed by atoms with Gasteiger partial charge in [-0.25, -0.2) is 14.6 Å². The first-order valence-corrected chi connectivity index (χ1v) is 13.8. The number of benzene rings is 2. The first kappa shape index (κ1) is 38.0. The number of halogens is 6. The number of pyridine rings is 1. The molecule has 10 nitrogen and oxygen atoms in total. The van der Waals surface area contributed by atoms with Gasteiger partial charge in [-0.2, -0.15) is 31.6 Å². The molecule has 1 aliphatic rings. The standard InChI is InChI=1S/C27H29N5O.2C2HF3O2/c1-20-4-3-5-23(16-20)27(33)30-24-10-13-29-26(17-24)32-14-11-25(12-15-32)31(2)19-22-8-6-21(18-28)7-9-22;2*3-2(4,5)1(6)7/h3-10,13,16-17,25H,11-12,14-15,19H2,1-2H3,(H,29,30,33);2*(H,6,7). The van der Waals surface area contributed by atoms with Crippen LogP contribution < -0.4 is 10.2 Å². The third-order valence-electron chi connectivity index (χ3n) is 6.70. The molecule has 1 aromatic heterocycles. The molecule has 0 spiro atoms. The molecule has 0 aliphatic carbocycles. The molecule has 0 unspecified atom stereocenters. The first-order valence-electron chi connectivity index (χ1n) is 13.8. The number of aliphatic carboxylic acids is 2. The minimum atomic E-state index is -5.08. The Morgan fingerprint density at radius 3 is 2.00 bits per heavy atom. The Balaban J connectivity index is 0.000000459. The van der Waals surface area contributed by atoms with E-state index in [1.807, 2.05) is 67.6 Å². The Morgan fingerprint density at radius 2 is 1.51 bits per heavy atom. The lowest BCUT2D eigenvalue weighted by Crippen LogP contribution is -2.43. The highest BCUT2D eigenvalue weighted by Gasteiger charge is 2.38. The van der Waals surface area contributed by atoms with Gasteiger partial charge in [0.15, 0.2) is 0 Å². The van der Waals surface area contributed by atoms with Crippen LogP contribution in [0.15, 0.2) is 66.9 Å². The SMILES string of the molecule is Cc1cccc(C(=O)Nc2ccnc(N3CCC(N(C)Cc4ccc(C#N)cc4)CC3)c2)c1.O=C(O)C(F)(F)F.O=C(O)C(F)(F)F. The number of hydrogen-bond donors (Lipinski definition) is 3. The Morgan fingerprint density at radius 1 is 0.957 bits per heavy atom. The summed E-state index contributed by atoms with van der Waals surface area (Å²) in [4.78, 5) is 39.6. The first-order chi connectivity index (χ1) is 21.9. The molecule has 1 saturated heterocycles. The molecule has 0 saturated carbocycles. The van der Waals surface area contributed by atoms with Crippen molar-refractivity contribution in [3.63, 3.8) is 0 Å². The summed E-state index contributed by atoms with van der Waals surface area (Å²) in [7, 11) is 2.16. The summed E-state index contributed by atoms with van der Waals surface area (Å²) >= 11 is 0. The summed E-state index contributed by atoms with van der Waals surface area (Å²) in [5, 5.41) is 26.2. The lowest BCUT2D eigenvalue weighted by molar-refractivity contribution is -0.193. The second kappa shape index (κ2) is 16.9. The Labute approximate surface area is 265 Å². The molecule has 0 radical (unpaired) electrons. The molecule has 252 valence electrons. The number of aryl methyl sites for hydroxylation is 1. The molecule has 2 heterocycles. The van der Waals surface area contributed by atoms with Crippen LogP contribution in [-0.4, -0.2) is 76.5 Å². The van der Waals surface area contributed by atoms with Crippen molar-refractivity contribution in [3.8, 4) is 6.07 Å². The van der Waals surface area contributed by atoms with Crippen molar-refractivity contribution in [1.82, 2.24) is 9.88 Å². The van der Waals surface area contributed by atoms with Crippen molar-refractivity contribution in [2.45, 2.75) is 44.7 Å². The predicted octanol–water partition coefficient (Wildman–Crippen LogP) is 5.88. The molecule has 4 rings (SSSR count). The largest absolute Gasteiger partial charge is 0.490 e. The molecule has 2 aromatic carbocycles. The van der Waals surface area contributed by atoms with Crippen LogP contribution in [0.3, 0.4) is 0 Å². The summed E-state index contributed by atoms with van der Waals surface area (Å²) < 4.78 is 63.5. The van der Waals surface area contributed by atoms with Crippen molar-refractivity contribution < 1.29 is 50.9 Å². The van der Waals surface area contributed by atoms with E-state index in [4.69, 9.17) is 25.1 Å². The number of piperidine rings is 1. The van der Waals surface area contributed by atoms with Crippen molar-refractivity contribution >= 4 is 29.4 Å². The van der Waals surface area contributed by atoms with Crippen LogP contribution in [-0.2, 0) is 16.1 Å². The summed E-state index contributed by atoms with van der Waals surface area (Å²) in [6.07, 6.45) is -6.31. The molecule has 3 N–H and O–H groups in total. The van der Waals surface area contributed by atoms with Gasteiger partial charge in [0.2, 0.25) is 0 Å². The number of carboxylic acids is 2. The van der Waals surface area contributed by atoms with Gasteiger partial charge in [0.25, 0.3) is 5.91 Å². The fourth-order valence-electron chi connectivity index (χ4n) is 4.30. The minimum absolute atomic E-state index is 0.112. The van der Waals surface area contributed by atoms with E-state index in [2.05, 4.69) is 33.2 Å². The summed E-state index contributed by atoms with van der Waals surface area (Å²) in [5.41, 5.74) is 4.38. The maximum absolute atomic E-state index is 12.6. The number of alkyl halides is 6. The number of hydrogen-bond acceptors (Lipinski definition) is 7. The van der Waals surface area contributed by atoms with Gasteiger partial charge >= 0.3 is 24.3 Å². The van der Waals surface area contributed by atoms with E-state index in [9.17, 15) is 31.1 Å². The summed E-state index contributed by atoms with van der Waals surface area (Å²) in [5.74, 6) is -4.73. The van der Waals surface area contributed by atoms with E-state index in [-0.39, 0.29) is 5.91 Å². The minimum Gasteiger partial charge on any atom is -0.475 e. The van der Waals surface area contributed by atoms with Crippen molar-refractivity contribution in [3.05, 3.63) is 89.1 Å². The van der Waals surface area contributed by atoms with Gasteiger partial charge < -0.3 is 20.4 Å². The van der Waals surface area contributed by atoms with Gasteiger partial charge in [0.05, 0.1) is 11.6 Å². The molecular weight excluding hydrogens is 636 g/mol. The normalized spacial score (nSPS) is 13.3. The van der Waals surface area contributed by atoms with E-state index in [1.54, 1.807) is 6.20 Å². The molecule has 1 fully saturated rings. The smallest absolute Gasteiger partial charge is 0.475 e. The number of rotatable bonds is 6. The molecule has 1 amide bonds. The fourth-order valence-corrected chi connectivity index (χ4v) is 4.30. The topological polar surface area (TPSA) is 147 Å². The maximum atomic E-state index is 12.6. The van der Waals surface area contributed by atoms with E-state index in [0.717, 1.165) is 49.5 Å². The Hall–Kier alpha value is -5.17. The number of anilines is 2. The van der Waals surface area contributed by atoms with E-state index in [1.165, 1.54) is 5.56 Å². The van der Waals surface area contributed by atoms with Gasteiger partial charge in [0.1, 0.15) is 5.82 Å². The van der Waals surface area contributed by atoms with Crippen molar-refractivity contribution in [2.75, 3.05) is 30.4 Å². The second-order valence-corrected chi connectivity index (χ2v) is 10.3. The third-order valence-corrected chi connectivity index (χ3v) is 6.70. The quantitative estimate of drug-likeness (QED) is 0.274. The number of nitrogens with zero attached hydrogens (tertiary/aromatic N) is 4. The van der Waals surface area contributed by atoms with Gasteiger partial charge in [-0.3, -0.25) is 9.69 Å². The van der Waals surface area contributed by atoms with Crippen LogP contribution in [0.25, 0.3) is 0 Å². The Kier molecular flexibility index (Phi) is 13.7. The molecule has 3 aromatic rings. The average molecular weight is 668 g/mol. The van der Waals surface area contributed by atoms with Crippen LogP contribution in [0.1, 0.15) is 39.9 Å². The van der Waals surface area contributed by atoms with Crippen LogP contribution in [0.2, 0.25) is 0 Å². The molecule has 1 aliphatic heterocycles. The van der Waals surface area contributed by atoms with Crippen LogP contribution in [0.5, 0.6) is 0 Å². The highest BCUT2D eigenvalue weighted by molar-refractivity contribution is 6.04. The monoisotopic (exact) mass is 667 g/mol. The van der Waals surface area contributed by atoms with Crippen LogP contribution in [0, 0.1) is 18.3 Å². The number of carbonyl (C=O) groups is 3. The average Bonchev–Trinajstić information content (AvgIpc) is 3.01. The van der Waals surface area contributed by atoms with Crippen LogP contribution >= 0.6 is 0 Å². The van der Waals surface area contributed by atoms with Crippen molar-refractivity contribution in [1.29, 1.82) is 5.26 Å². The number of nitrogens with one attached hydrogen (secondary N) is 1. The van der Waals surface area contributed by atoms with Gasteiger partial charge in [-0.1, -0.05) is 29.8 Å². The van der Waals surface area contributed by atoms with E-state index < -0.39 is 24.3 Å². The second-order valence-electron chi connectivity index (χ2n) is 10.3. The summed E-state index contributed by atoms with van der Waals surface area (Å²) in [6.45, 7) is 4.69. The van der Waals surface area contributed by atoms with Gasteiger partial charge in [-0.15, -0.1) is 0 Å². The molecule has 0 atom stereocenters.